The molecule has 6 heteroatoms. The van der Waals surface area contributed by atoms with E-state index in [1.165, 1.54) is 0 Å². The van der Waals surface area contributed by atoms with Crippen LogP contribution >= 0.6 is 22.6 Å². The second kappa shape index (κ2) is 6.85. The van der Waals surface area contributed by atoms with Crippen LogP contribution in [0.25, 0.3) is 5.57 Å². The molecule has 20 heavy (non-hydrogen) atoms. The van der Waals surface area contributed by atoms with Gasteiger partial charge in [-0.3, -0.25) is 9.67 Å². The van der Waals surface area contributed by atoms with E-state index in [9.17, 15) is 0 Å². The molecule has 2 aromatic heterocycles. The molecule has 2 aromatic rings. The van der Waals surface area contributed by atoms with E-state index < -0.39 is 0 Å². The summed E-state index contributed by atoms with van der Waals surface area (Å²) in [7, 11) is 0. The van der Waals surface area contributed by atoms with Gasteiger partial charge in [0.1, 0.15) is 12.4 Å². The van der Waals surface area contributed by atoms with Gasteiger partial charge in [0.15, 0.2) is 0 Å². The summed E-state index contributed by atoms with van der Waals surface area (Å²) < 4.78 is 8.47. The maximum Gasteiger partial charge on any atom is 0.138 e. The van der Waals surface area contributed by atoms with E-state index in [2.05, 4.69) is 39.3 Å². The minimum atomic E-state index is -0.134. The smallest absolute Gasteiger partial charge is 0.138 e. The lowest BCUT2D eigenvalue weighted by atomic mass is 10.2. The van der Waals surface area contributed by atoms with Gasteiger partial charge in [-0.1, -0.05) is 6.58 Å². The third-order valence-corrected chi connectivity index (χ3v) is 3.28. The van der Waals surface area contributed by atoms with E-state index in [4.69, 9.17) is 10.5 Å². The highest BCUT2D eigenvalue weighted by molar-refractivity contribution is 14.1. The lowest BCUT2D eigenvalue weighted by Gasteiger charge is -2.13. The Morgan fingerprint density at radius 1 is 1.50 bits per heavy atom. The van der Waals surface area contributed by atoms with Crippen LogP contribution in [0.15, 0.2) is 37.4 Å². The maximum atomic E-state index is 6.05. The van der Waals surface area contributed by atoms with Crippen molar-refractivity contribution < 1.29 is 4.74 Å². The molecule has 2 heterocycles. The Labute approximate surface area is 132 Å². The Hall–Kier alpha value is -1.41. The van der Waals surface area contributed by atoms with Crippen LogP contribution in [0.3, 0.4) is 0 Å². The standard InChI is InChI=1S/C14H17IN4O/c1-10(2)11-4-18-19(7-11)8-13(16)9-20-14-3-12(15)5-17-6-14/h3-7,13H,1,8-9,16H2,2H3/t13-/m0/s1. The molecule has 0 aliphatic carbocycles. The topological polar surface area (TPSA) is 66.0 Å². The Morgan fingerprint density at radius 3 is 2.95 bits per heavy atom. The van der Waals surface area contributed by atoms with E-state index in [0.29, 0.717) is 13.2 Å². The van der Waals surface area contributed by atoms with Gasteiger partial charge in [0, 0.05) is 21.5 Å². The van der Waals surface area contributed by atoms with Crippen molar-refractivity contribution in [2.75, 3.05) is 6.61 Å². The van der Waals surface area contributed by atoms with Crippen molar-refractivity contribution in [3.8, 4) is 5.75 Å². The van der Waals surface area contributed by atoms with Crippen molar-refractivity contribution >= 4 is 28.2 Å². The van der Waals surface area contributed by atoms with Gasteiger partial charge in [-0.2, -0.15) is 5.10 Å². The molecule has 0 fully saturated rings. The highest BCUT2D eigenvalue weighted by atomic mass is 127. The van der Waals surface area contributed by atoms with E-state index >= 15 is 0 Å². The zero-order chi connectivity index (χ0) is 14.5. The van der Waals surface area contributed by atoms with Crippen LogP contribution in [-0.4, -0.2) is 27.4 Å². The number of hydrogen-bond donors (Lipinski definition) is 1. The number of nitrogens with zero attached hydrogens (tertiary/aromatic N) is 3. The first kappa shape index (κ1) is 15.0. The van der Waals surface area contributed by atoms with Crippen molar-refractivity contribution in [3.05, 3.63) is 46.6 Å². The number of rotatable bonds is 6. The predicted octanol–water partition coefficient (Wildman–Crippen LogP) is 2.32. The van der Waals surface area contributed by atoms with Crippen molar-refractivity contribution in [2.24, 2.45) is 5.73 Å². The zero-order valence-corrected chi connectivity index (χ0v) is 13.4. The summed E-state index contributed by atoms with van der Waals surface area (Å²) in [5.41, 5.74) is 8.07. The molecule has 0 radical (unpaired) electrons. The normalized spacial score (nSPS) is 12.2. The van der Waals surface area contributed by atoms with Crippen molar-refractivity contribution in [3.63, 3.8) is 0 Å². The Bertz CT molecular complexity index is 596. The molecule has 0 aliphatic heterocycles. The molecule has 0 unspecified atom stereocenters. The first-order valence-electron chi connectivity index (χ1n) is 6.22. The second-order valence-corrected chi connectivity index (χ2v) is 5.89. The van der Waals surface area contributed by atoms with Crippen LogP contribution in [-0.2, 0) is 6.54 Å². The fourth-order valence-electron chi connectivity index (χ4n) is 1.65. The molecule has 1 atom stereocenters. The number of allylic oxidation sites excluding steroid dienone is 1. The summed E-state index contributed by atoms with van der Waals surface area (Å²) in [6.45, 7) is 6.86. The zero-order valence-electron chi connectivity index (χ0n) is 11.3. The van der Waals surface area contributed by atoms with Gasteiger partial charge < -0.3 is 10.5 Å². The molecule has 0 aliphatic rings. The van der Waals surface area contributed by atoms with Crippen molar-refractivity contribution in [1.82, 2.24) is 14.8 Å². The van der Waals surface area contributed by atoms with Crippen LogP contribution in [0.4, 0.5) is 0 Å². The highest BCUT2D eigenvalue weighted by Gasteiger charge is 2.07. The van der Waals surface area contributed by atoms with Gasteiger partial charge in [0.25, 0.3) is 0 Å². The number of pyridine rings is 1. The number of aromatic nitrogens is 3. The van der Waals surface area contributed by atoms with Crippen molar-refractivity contribution in [2.45, 2.75) is 19.5 Å². The fraction of sp³-hybridized carbons (Fsp3) is 0.286. The van der Waals surface area contributed by atoms with Gasteiger partial charge >= 0.3 is 0 Å². The number of ether oxygens (including phenoxy) is 1. The molecule has 2 rings (SSSR count). The van der Waals surface area contributed by atoms with E-state index in [1.807, 2.05) is 23.9 Å². The summed E-state index contributed by atoms with van der Waals surface area (Å²) in [6, 6.07) is 1.79. The van der Waals surface area contributed by atoms with Crippen LogP contribution in [0, 0.1) is 3.57 Å². The number of halogens is 1. The first-order valence-corrected chi connectivity index (χ1v) is 7.29. The van der Waals surface area contributed by atoms with E-state index in [1.54, 1.807) is 18.6 Å². The lowest BCUT2D eigenvalue weighted by Crippen LogP contribution is -2.32. The predicted molar refractivity (Wildman–Crippen MR) is 87.4 cm³/mol. The third kappa shape index (κ3) is 4.31. The minimum Gasteiger partial charge on any atom is -0.490 e. The monoisotopic (exact) mass is 384 g/mol. The second-order valence-electron chi connectivity index (χ2n) is 4.64. The van der Waals surface area contributed by atoms with Crippen LogP contribution in [0.5, 0.6) is 5.75 Å². The molecular formula is C14H17IN4O. The average Bonchev–Trinajstić information content (AvgIpc) is 2.85. The van der Waals surface area contributed by atoms with Gasteiger partial charge in [0.05, 0.1) is 25.0 Å². The van der Waals surface area contributed by atoms with Gasteiger partial charge in [0.2, 0.25) is 0 Å². The molecule has 106 valence electrons. The van der Waals surface area contributed by atoms with Crippen LogP contribution in [0.2, 0.25) is 0 Å². The molecule has 0 saturated heterocycles. The number of nitrogens with two attached hydrogens (primary N) is 1. The largest absolute Gasteiger partial charge is 0.490 e. The fourth-order valence-corrected chi connectivity index (χ4v) is 2.12. The minimum absolute atomic E-state index is 0.134. The first-order chi connectivity index (χ1) is 9.54. The lowest BCUT2D eigenvalue weighted by molar-refractivity contribution is 0.271. The van der Waals surface area contributed by atoms with Crippen LogP contribution in [0.1, 0.15) is 12.5 Å². The van der Waals surface area contributed by atoms with Crippen molar-refractivity contribution in [1.29, 1.82) is 0 Å². The average molecular weight is 384 g/mol. The summed E-state index contributed by atoms with van der Waals surface area (Å²) in [5, 5.41) is 4.25. The van der Waals surface area contributed by atoms with E-state index in [-0.39, 0.29) is 6.04 Å². The summed E-state index contributed by atoms with van der Waals surface area (Å²) in [4.78, 5) is 4.07. The number of hydrogen-bond acceptors (Lipinski definition) is 4. The summed E-state index contributed by atoms with van der Waals surface area (Å²) >= 11 is 2.19. The summed E-state index contributed by atoms with van der Waals surface area (Å²) in [6.07, 6.45) is 7.19. The Kier molecular flexibility index (Phi) is 5.13. The quantitative estimate of drug-likeness (QED) is 0.777. The SMILES string of the molecule is C=C(C)c1cnn(C[C@H](N)COc2cncc(I)c2)c1. The highest BCUT2D eigenvalue weighted by Crippen LogP contribution is 2.13. The molecule has 0 bridgehead atoms. The van der Waals surface area contributed by atoms with Gasteiger partial charge in [-0.05, 0) is 41.2 Å². The van der Waals surface area contributed by atoms with Gasteiger partial charge in [-0.25, -0.2) is 0 Å². The third-order valence-electron chi connectivity index (χ3n) is 2.69. The molecule has 0 spiro atoms. The molecular weight excluding hydrogens is 367 g/mol. The maximum absolute atomic E-state index is 6.05. The van der Waals surface area contributed by atoms with E-state index in [0.717, 1.165) is 20.5 Å². The molecule has 2 N–H and O–H groups in total. The molecule has 0 saturated carbocycles. The van der Waals surface area contributed by atoms with Crippen LogP contribution < -0.4 is 10.5 Å². The molecule has 0 aromatic carbocycles. The molecule has 5 nitrogen and oxygen atoms in total. The molecule has 0 amide bonds. The Balaban J connectivity index is 1.85. The Morgan fingerprint density at radius 2 is 2.30 bits per heavy atom. The van der Waals surface area contributed by atoms with Gasteiger partial charge in [-0.15, -0.1) is 0 Å². The summed E-state index contributed by atoms with van der Waals surface area (Å²) in [5.74, 6) is 0.732.